The van der Waals surface area contributed by atoms with Gasteiger partial charge in [-0.25, -0.2) is 15.0 Å². The van der Waals surface area contributed by atoms with Gasteiger partial charge in [-0.15, -0.1) is 0 Å². The van der Waals surface area contributed by atoms with Gasteiger partial charge in [0.25, 0.3) is 0 Å². The van der Waals surface area contributed by atoms with Crippen LogP contribution in [0.2, 0.25) is 0 Å². The zero-order chi connectivity index (χ0) is 19.6. The lowest BCUT2D eigenvalue weighted by atomic mass is 10.2. The van der Waals surface area contributed by atoms with Crippen molar-refractivity contribution in [3.63, 3.8) is 0 Å². The van der Waals surface area contributed by atoms with E-state index in [2.05, 4.69) is 24.5 Å². The van der Waals surface area contributed by atoms with Crippen LogP contribution in [0.5, 0.6) is 11.5 Å². The highest BCUT2D eigenvalue weighted by molar-refractivity contribution is 7.84. The number of fused-ring (bicyclic) bond motifs is 1. The molecule has 5 N–H and O–H groups in total. The zero-order valence-electron chi connectivity index (χ0n) is 14.0. The highest BCUT2D eigenvalue weighted by Gasteiger charge is 2.14. The number of rotatable bonds is 6. The smallest absolute Gasteiger partial charge is 0.380 e. The summed E-state index contributed by atoms with van der Waals surface area (Å²) in [5.41, 5.74) is 6.98. The molecule has 0 saturated carbocycles. The fourth-order valence-electron chi connectivity index (χ4n) is 2.35. The van der Waals surface area contributed by atoms with E-state index in [-0.39, 0.29) is 29.8 Å². The van der Waals surface area contributed by atoms with Crippen LogP contribution in [-0.2, 0) is 21.6 Å². The summed E-state index contributed by atoms with van der Waals surface area (Å²) in [6, 6.07) is 4.13. The molecule has 1 aromatic carbocycles. The van der Waals surface area contributed by atoms with Crippen LogP contribution in [-0.4, -0.2) is 41.0 Å². The summed E-state index contributed by atoms with van der Waals surface area (Å²) in [7, 11) is -2.89. The molecule has 13 heteroatoms. The molecule has 2 heterocycles. The molecule has 2 aromatic heterocycles. The maximum absolute atomic E-state index is 12.3. The van der Waals surface area contributed by atoms with E-state index in [4.69, 9.17) is 15.6 Å². The molecule has 0 spiro atoms. The molecule has 27 heavy (non-hydrogen) atoms. The number of imidazole rings is 1. The Kier molecular flexibility index (Phi) is 4.79. The molecule has 0 atom stereocenters. The van der Waals surface area contributed by atoms with Gasteiger partial charge in [-0.2, -0.15) is 13.6 Å². The van der Waals surface area contributed by atoms with Crippen LogP contribution in [0.4, 0.5) is 11.5 Å². The number of anilines is 2. The molecule has 0 aliphatic heterocycles. The summed E-state index contributed by atoms with van der Waals surface area (Å²) in [6.07, 6.45) is 2.71. The van der Waals surface area contributed by atoms with E-state index in [9.17, 15) is 13.2 Å². The van der Waals surface area contributed by atoms with Gasteiger partial charge >= 0.3 is 10.3 Å². The first-order valence-corrected chi connectivity index (χ1v) is 8.85. The van der Waals surface area contributed by atoms with Gasteiger partial charge in [-0.3, -0.25) is 4.79 Å². The molecule has 3 aromatic rings. The summed E-state index contributed by atoms with van der Waals surface area (Å²) in [5.74, 6) is -0.215. The molecule has 0 radical (unpaired) electrons. The van der Waals surface area contributed by atoms with Gasteiger partial charge in [-0.1, -0.05) is 0 Å². The first-order valence-electron chi connectivity index (χ1n) is 7.38. The molecule has 0 fully saturated rings. The maximum atomic E-state index is 12.3. The van der Waals surface area contributed by atoms with E-state index in [1.165, 1.54) is 42.5 Å². The van der Waals surface area contributed by atoms with Crippen molar-refractivity contribution < 1.29 is 22.1 Å². The van der Waals surface area contributed by atoms with Crippen LogP contribution in [0, 0.1) is 0 Å². The van der Waals surface area contributed by atoms with Gasteiger partial charge in [0.15, 0.2) is 23.0 Å². The van der Waals surface area contributed by atoms with Crippen molar-refractivity contribution >= 4 is 38.9 Å². The average molecular weight is 393 g/mol. The Morgan fingerprint density at radius 2 is 2.04 bits per heavy atom. The minimum absolute atomic E-state index is 0.0764. The number of amides is 1. The third-order valence-electron chi connectivity index (χ3n) is 3.41. The van der Waals surface area contributed by atoms with Crippen LogP contribution in [0.15, 0.2) is 30.9 Å². The molecular weight excluding hydrogens is 378 g/mol. The van der Waals surface area contributed by atoms with E-state index in [1.807, 2.05) is 0 Å². The van der Waals surface area contributed by atoms with Crippen molar-refractivity contribution in [3.8, 4) is 11.5 Å². The van der Waals surface area contributed by atoms with E-state index < -0.39 is 10.3 Å². The number of carbonyl (C=O) groups is 1. The minimum atomic E-state index is -4.21. The molecule has 0 saturated heterocycles. The largest absolute Gasteiger partial charge is 0.493 e. The van der Waals surface area contributed by atoms with Gasteiger partial charge in [0.1, 0.15) is 18.4 Å². The Balaban J connectivity index is 1.77. The number of nitrogen functional groups attached to an aromatic ring is 1. The normalized spacial score (nSPS) is 11.3. The number of ether oxygens (including phenoxy) is 1. The third-order valence-corrected chi connectivity index (χ3v) is 3.82. The number of aromatic nitrogens is 4. The predicted octanol–water partition coefficient (Wildman–Crippen LogP) is -0.362. The predicted molar refractivity (Wildman–Crippen MR) is 95.1 cm³/mol. The number of methoxy groups -OCH3 is 1. The lowest BCUT2D eigenvalue weighted by molar-refractivity contribution is -0.116. The van der Waals surface area contributed by atoms with Crippen LogP contribution in [0.1, 0.15) is 0 Å². The number of hydrogen-bond acceptors (Lipinski definition) is 9. The summed E-state index contributed by atoms with van der Waals surface area (Å²) in [5, 5.41) is 7.48. The third kappa shape index (κ3) is 4.21. The highest BCUT2D eigenvalue weighted by Crippen LogP contribution is 2.30. The Morgan fingerprint density at radius 1 is 1.26 bits per heavy atom. The molecule has 0 bridgehead atoms. The maximum Gasteiger partial charge on any atom is 0.380 e. The fourth-order valence-corrected chi connectivity index (χ4v) is 2.74. The molecule has 1 amide bonds. The number of hydrogen-bond donors (Lipinski definition) is 3. The van der Waals surface area contributed by atoms with Gasteiger partial charge in [0, 0.05) is 11.8 Å². The van der Waals surface area contributed by atoms with E-state index in [0.717, 1.165) is 0 Å². The topological polar surface area (TPSA) is 177 Å². The van der Waals surface area contributed by atoms with E-state index in [0.29, 0.717) is 16.9 Å². The zero-order valence-corrected chi connectivity index (χ0v) is 14.8. The van der Waals surface area contributed by atoms with Crippen molar-refractivity contribution in [3.05, 3.63) is 30.9 Å². The number of benzene rings is 1. The van der Waals surface area contributed by atoms with Gasteiger partial charge < -0.3 is 24.5 Å². The molecule has 0 unspecified atom stereocenters. The standard InChI is InChI=1S/C14H15N7O5S/c1-25-10-4-8(2-3-9(10)26-27(16,23)24)20-11(22)5-21-7-19-14-12(21)13(15)17-6-18-14/h2-4,6-7H,5H2,1H3,(H,20,22)(H2,15,17,18)(H2,16,23,24). The second-order valence-electron chi connectivity index (χ2n) is 5.29. The lowest BCUT2D eigenvalue weighted by Gasteiger charge is -2.11. The molecule has 0 aliphatic rings. The second-order valence-corrected chi connectivity index (χ2v) is 6.45. The van der Waals surface area contributed by atoms with Crippen molar-refractivity contribution in [2.45, 2.75) is 6.54 Å². The number of nitrogens with zero attached hydrogens (tertiary/aromatic N) is 4. The Morgan fingerprint density at radius 3 is 2.74 bits per heavy atom. The quantitative estimate of drug-likeness (QED) is 0.504. The summed E-state index contributed by atoms with van der Waals surface area (Å²) in [6.45, 7) is -0.0914. The van der Waals surface area contributed by atoms with Crippen molar-refractivity contribution in [1.82, 2.24) is 19.5 Å². The average Bonchev–Trinajstić information content (AvgIpc) is 2.99. The van der Waals surface area contributed by atoms with Crippen LogP contribution in [0.25, 0.3) is 11.2 Å². The summed E-state index contributed by atoms with van der Waals surface area (Å²) < 4.78 is 33.3. The minimum Gasteiger partial charge on any atom is -0.493 e. The number of carbonyl (C=O) groups excluding carboxylic acids is 1. The van der Waals surface area contributed by atoms with Crippen LogP contribution < -0.4 is 25.1 Å². The van der Waals surface area contributed by atoms with E-state index >= 15 is 0 Å². The monoisotopic (exact) mass is 393 g/mol. The molecule has 0 aliphatic carbocycles. The van der Waals surface area contributed by atoms with Crippen molar-refractivity contribution in [2.24, 2.45) is 5.14 Å². The van der Waals surface area contributed by atoms with Crippen LogP contribution in [0.3, 0.4) is 0 Å². The van der Waals surface area contributed by atoms with E-state index in [1.54, 1.807) is 0 Å². The SMILES string of the molecule is COc1cc(NC(=O)Cn2cnc3ncnc(N)c32)ccc1OS(N)(=O)=O. The number of nitrogens with one attached hydrogen (secondary N) is 1. The summed E-state index contributed by atoms with van der Waals surface area (Å²) in [4.78, 5) is 24.2. The molecular formula is C14H15N7O5S. The van der Waals surface area contributed by atoms with Gasteiger partial charge in [0.2, 0.25) is 5.91 Å². The van der Waals surface area contributed by atoms with Gasteiger partial charge in [-0.05, 0) is 12.1 Å². The molecule has 12 nitrogen and oxygen atoms in total. The van der Waals surface area contributed by atoms with Crippen molar-refractivity contribution in [1.29, 1.82) is 0 Å². The Bertz CT molecular complexity index is 1110. The molecule has 142 valence electrons. The number of nitrogens with two attached hydrogens (primary N) is 2. The lowest BCUT2D eigenvalue weighted by Crippen LogP contribution is -2.20. The highest BCUT2D eigenvalue weighted by atomic mass is 32.2. The summed E-state index contributed by atoms with van der Waals surface area (Å²) >= 11 is 0. The Labute approximate surface area is 153 Å². The first kappa shape index (κ1) is 18.3. The fraction of sp³-hybridized carbons (Fsp3) is 0.143. The van der Waals surface area contributed by atoms with Crippen LogP contribution >= 0.6 is 0 Å². The van der Waals surface area contributed by atoms with Gasteiger partial charge in [0.05, 0.1) is 13.4 Å². The molecule has 3 rings (SSSR count). The Hall–Kier alpha value is -3.45. The van der Waals surface area contributed by atoms with Crippen molar-refractivity contribution in [2.75, 3.05) is 18.2 Å². The second kappa shape index (κ2) is 7.05. The first-order chi connectivity index (χ1) is 12.8.